The summed E-state index contributed by atoms with van der Waals surface area (Å²) in [5.74, 6) is 1.79. The Balaban J connectivity index is 1.50. The van der Waals surface area contributed by atoms with Crippen molar-refractivity contribution in [3.05, 3.63) is 53.5 Å². The Labute approximate surface area is 165 Å². The Morgan fingerprint density at radius 2 is 2.25 bits per heavy atom. The van der Waals surface area contributed by atoms with Crippen LogP contribution >= 0.6 is 0 Å². The molecule has 1 aliphatic heterocycles. The fourth-order valence-corrected chi connectivity index (χ4v) is 3.49. The van der Waals surface area contributed by atoms with Gasteiger partial charge in [-0.05, 0) is 43.5 Å². The van der Waals surface area contributed by atoms with Gasteiger partial charge in [-0.1, -0.05) is 17.7 Å². The van der Waals surface area contributed by atoms with Gasteiger partial charge >= 0.3 is 0 Å². The van der Waals surface area contributed by atoms with Crippen molar-refractivity contribution in [2.75, 3.05) is 38.7 Å². The van der Waals surface area contributed by atoms with E-state index in [0.717, 1.165) is 37.6 Å². The zero-order valence-electron chi connectivity index (χ0n) is 16.7. The van der Waals surface area contributed by atoms with Crippen LogP contribution in [0.15, 0.2) is 41.5 Å². The summed E-state index contributed by atoms with van der Waals surface area (Å²) >= 11 is 0. The average Bonchev–Trinajstić information content (AvgIpc) is 3.16. The van der Waals surface area contributed by atoms with E-state index in [9.17, 15) is 4.39 Å². The topological polar surface area (TPSA) is 61.8 Å². The van der Waals surface area contributed by atoms with E-state index in [-0.39, 0.29) is 11.9 Å². The van der Waals surface area contributed by atoms with Crippen LogP contribution in [0.4, 0.5) is 10.2 Å². The minimum absolute atomic E-state index is 0.195. The normalized spacial score (nSPS) is 16.9. The zero-order valence-corrected chi connectivity index (χ0v) is 16.7. The van der Waals surface area contributed by atoms with E-state index in [0.29, 0.717) is 12.4 Å². The SMILES string of the molecule is CN=C(NCCc1cc(C)ccc1OC)NC1CCN(c2ncccc2F)C1. The number of guanidine groups is 1. The van der Waals surface area contributed by atoms with E-state index < -0.39 is 0 Å². The minimum atomic E-state index is -0.280. The van der Waals surface area contributed by atoms with Crippen molar-refractivity contribution in [1.82, 2.24) is 15.6 Å². The first-order valence-corrected chi connectivity index (χ1v) is 9.57. The van der Waals surface area contributed by atoms with Gasteiger partial charge < -0.3 is 20.3 Å². The standard InChI is InChI=1S/C21H28FN5O/c1-15-6-7-19(28-3)16(13-15)8-11-25-21(23-2)26-17-9-12-27(14-17)20-18(22)5-4-10-24-20/h4-7,10,13,17H,8-9,11-12,14H2,1-3H3,(H2,23,25,26). The lowest BCUT2D eigenvalue weighted by molar-refractivity contribution is 0.409. The highest BCUT2D eigenvalue weighted by Gasteiger charge is 2.25. The maximum absolute atomic E-state index is 13.9. The van der Waals surface area contributed by atoms with Gasteiger partial charge in [-0.15, -0.1) is 0 Å². The molecule has 0 aliphatic carbocycles. The second-order valence-electron chi connectivity index (χ2n) is 6.95. The highest BCUT2D eigenvalue weighted by molar-refractivity contribution is 5.80. The van der Waals surface area contributed by atoms with Gasteiger partial charge in [0.2, 0.25) is 0 Å². The van der Waals surface area contributed by atoms with Crippen LogP contribution in [0.25, 0.3) is 0 Å². The molecule has 0 amide bonds. The number of aromatic nitrogens is 1. The van der Waals surface area contributed by atoms with Crippen LogP contribution in [-0.2, 0) is 6.42 Å². The fraction of sp³-hybridized carbons (Fsp3) is 0.429. The Hall–Kier alpha value is -2.83. The number of hydrogen-bond donors (Lipinski definition) is 2. The number of rotatable bonds is 6. The number of anilines is 1. The smallest absolute Gasteiger partial charge is 0.191 e. The van der Waals surface area contributed by atoms with E-state index in [1.165, 1.54) is 17.2 Å². The highest BCUT2D eigenvalue weighted by atomic mass is 19.1. The molecule has 0 saturated carbocycles. The van der Waals surface area contributed by atoms with Crippen LogP contribution < -0.4 is 20.3 Å². The summed E-state index contributed by atoms with van der Waals surface area (Å²) in [4.78, 5) is 10.4. The average molecular weight is 385 g/mol. The number of nitrogens with zero attached hydrogens (tertiary/aromatic N) is 3. The summed E-state index contributed by atoms with van der Waals surface area (Å²) in [6.07, 6.45) is 3.36. The van der Waals surface area contributed by atoms with E-state index >= 15 is 0 Å². The maximum Gasteiger partial charge on any atom is 0.191 e. The molecular weight excluding hydrogens is 357 g/mol. The lowest BCUT2D eigenvalue weighted by Crippen LogP contribution is -2.45. The zero-order chi connectivity index (χ0) is 19.9. The van der Waals surface area contributed by atoms with Crippen molar-refractivity contribution in [3.63, 3.8) is 0 Å². The van der Waals surface area contributed by atoms with Crippen LogP contribution in [0.1, 0.15) is 17.5 Å². The summed E-state index contributed by atoms with van der Waals surface area (Å²) in [5, 5.41) is 6.78. The second-order valence-corrected chi connectivity index (χ2v) is 6.95. The molecule has 1 aromatic heterocycles. The van der Waals surface area contributed by atoms with Gasteiger partial charge in [0.1, 0.15) is 5.75 Å². The molecule has 150 valence electrons. The Kier molecular flexibility index (Phi) is 6.68. The number of halogens is 1. The van der Waals surface area contributed by atoms with Crippen LogP contribution in [0.3, 0.4) is 0 Å². The Morgan fingerprint density at radius 3 is 3.00 bits per heavy atom. The highest BCUT2D eigenvalue weighted by Crippen LogP contribution is 2.21. The lowest BCUT2D eigenvalue weighted by Gasteiger charge is -2.20. The first-order chi connectivity index (χ1) is 13.6. The van der Waals surface area contributed by atoms with Crippen molar-refractivity contribution >= 4 is 11.8 Å². The largest absolute Gasteiger partial charge is 0.496 e. The van der Waals surface area contributed by atoms with Crippen LogP contribution in [0.5, 0.6) is 5.75 Å². The van der Waals surface area contributed by atoms with Crippen molar-refractivity contribution < 1.29 is 9.13 Å². The van der Waals surface area contributed by atoms with Gasteiger partial charge in [-0.25, -0.2) is 9.37 Å². The number of aryl methyl sites for hydroxylation is 1. The molecule has 2 heterocycles. The number of benzene rings is 1. The van der Waals surface area contributed by atoms with Gasteiger partial charge in [0.25, 0.3) is 0 Å². The Bertz CT molecular complexity index is 826. The van der Waals surface area contributed by atoms with Crippen LogP contribution in [-0.4, -0.2) is 50.8 Å². The summed E-state index contributed by atoms with van der Waals surface area (Å²) in [7, 11) is 3.45. The monoisotopic (exact) mass is 385 g/mol. The molecular formula is C21H28FN5O. The summed E-state index contributed by atoms with van der Waals surface area (Å²) in [6.45, 7) is 4.28. The van der Waals surface area contributed by atoms with Crippen molar-refractivity contribution in [3.8, 4) is 5.75 Å². The van der Waals surface area contributed by atoms with E-state index in [1.807, 2.05) is 17.0 Å². The third kappa shape index (κ3) is 4.91. The third-order valence-electron chi connectivity index (χ3n) is 4.91. The Morgan fingerprint density at radius 1 is 1.39 bits per heavy atom. The van der Waals surface area contributed by atoms with Crippen molar-refractivity contribution in [2.45, 2.75) is 25.8 Å². The molecule has 1 saturated heterocycles. The molecule has 1 unspecified atom stereocenters. The lowest BCUT2D eigenvalue weighted by atomic mass is 10.1. The predicted molar refractivity (Wildman–Crippen MR) is 111 cm³/mol. The number of methoxy groups -OCH3 is 1. The van der Waals surface area contributed by atoms with Gasteiger partial charge in [0.15, 0.2) is 17.6 Å². The number of pyridine rings is 1. The molecule has 2 N–H and O–H groups in total. The third-order valence-corrected chi connectivity index (χ3v) is 4.91. The van der Waals surface area contributed by atoms with E-state index in [4.69, 9.17) is 4.74 Å². The molecule has 1 aromatic carbocycles. The minimum Gasteiger partial charge on any atom is -0.496 e. The number of ether oxygens (including phenoxy) is 1. The molecule has 1 fully saturated rings. The molecule has 2 aromatic rings. The first-order valence-electron chi connectivity index (χ1n) is 9.57. The van der Waals surface area contributed by atoms with Gasteiger partial charge in [0.05, 0.1) is 7.11 Å². The molecule has 1 aliphatic rings. The predicted octanol–water partition coefficient (Wildman–Crippen LogP) is 2.52. The van der Waals surface area contributed by atoms with E-state index in [2.05, 4.69) is 33.6 Å². The van der Waals surface area contributed by atoms with Crippen molar-refractivity contribution in [1.29, 1.82) is 0 Å². The first kappa shape index (κ1) is 19.9. The fourth-order valence-electron chi connectivity index (χ4n) is 3.49. The number of aliphatic imine (C=N–C) groups is 1. The molecule has 28 heavy (non-hydrogen) atoms. The molecule has 7 heteroatoms. The molecule has 3 rings (SSSR count). The molecule has 0 bridgehead atoms. The molecule has 6 nitrogen and oxygen atoms in total. The molecule has 1 atom stereocenters. The van der Waals surface area contributed by atoms with Gasteiger partial charge in [0, 0.05) is 38.9 Å². The number of hydrogen-bond acceptors (Lipinski definition) is 4. The van der Waals surface area contributed by atoms with Gasteiger partial charge in [-0.3, -0.25) is 4.99 Å². The summed E-state index contributed by atoms with van der Waals surface area (Å²) < 4.78 is 19.4. The molecule has 0 radical (unpaired) electrons. The quantitative estimate of drug-likeness (QED) is 0.591. The van der Waals surface area contributed by atoms with Crippen LogP contribution in [0.2, 0.25) is 0 Å². The van der Waals surface area contributed by atoms with Gasteiger partial charge in [-0.2, -0.15) is 0 Å². The number of nitrogens with one attached hydrogen (secondary N) is 2. The maximum atomic E-state index is 13.9. The summed E-state index contributed by atoms with van der Waals surface area (Å²) in [6, 6.07) is 9.45. The van der Waals surface area contributed by atoms with Crippen LogP contribution in [0, 0.1) is 12.7 Å². The second kappa shape index (κ2) is 9.39. The summed E-state index contributed by atoms with van der Waals surface area (Å²) in [5.41, 5.74) is 2.38. The van der Waals surface area contributed by atoms with Crippen molar-refractivity contribution in [2.24, 2.45) is 4.99 Å². The molecule has 0 spiro atoms. The van der Waals surface area contributed by atoms with E-state index in [1.54, 1.807) is 26.4 Å².